The summed E-state index contributed by atoms with van der Waals surface area (Å²) in [7, 11) is 1.65. The molecule has 1 saturated heterocycles. The molecule has 2 unspecified atom stereocenters. The van der Waals surface area contributed by atoms with Crippen LogP contribution in [0, 0.1) is 0 Å². The molecule has 3 heterocycles. The molecule has 7 nitrogen and oxygen atoms in total. The predicted octanol–water partition coefficient (Wildman–Crippen LogP) is 3.99. The van der Waals surface area contributed by atoms with Crippen LogP contribution in [-0.4, -0.2) is 43.4 Å². The van der Waals surface area contributed by atoms with Crippen molar-refractivity contribution in [3.63, 3.8) is 0 Å². The normalized spacial score (nSPS) is 21.0. The van der Waals surface area contributed by atoms with E-state index in [9.17, 15) is 4.79 Å². The second kappa shape index (κ2) is 8.57. The molecule has 1 amide bonds. The van der Waals surface area contributed by atoms with E-state index in [1.807, 2.05) is 71.6 Å². The average Bonchev–Trinajstić information content (AvgIpc) is 3.49. The van der Waals surface area contributed by atoms with E-state index in [0.29, 0.717) is 26.1 Å². The number of nitrogens with zero attached hydrogens (tertiary/aromatic N) is 2. The number of hydrogen-bond donors (Lipinski definition) is 0. The number of para-hydroxylation sites is 2. The summed E-state index contributed by atoms with van der Waals surface area (Å²) < 4.78 is 22.7. The van der Waals surface area contributed by atoms with Crippen molar-refractivity contribution in [2.45, 2.75) is 31.7 Å². The van der Waals surface area contributed by atoms with E-state index >= 15 is 0 Å². The van der Waals surface area contributed by atoms with E-state index in [0.717, 1.165) is 39.8 Å². The lowest BCUT2D eigenvalue weighted by atomic mass is 10.1. The zero-order chi connectivity index (χ0) is 23.1. The zero-order valence-electron chi connectivity index (χ0n) is 19.0. The SMILES string of the molecule is COc1ccc(CN2C(=O)C3CC(CN3Cc3ccc4c(c3)OCO4)Oc3ccccc32)cc1. The standard InChI is InChI=1S/C27H26N2O5/c1-31-20-9-6-18(7-10-20)15-29-22-4-2-3-5-24(22)34-21-13-23(27(29)30)28(16-21)14-19-8-11-25-26(12-19)33-17-32-25/h2-12,21,23H,13-17H2,1H3. The summed E-state index contributed by atoms with van der Waals surface area (Å²) in [6.07, 6.45) is 0.629. The molecule has 3 aliphatic rings. The largest absolute Gasteiger partial charge is 0.497 e. The van der Waals surface area contributed by atoms with Gasteiger partial charge in [0.1, 0.15) is 17.6 Å². The molecular weight excluding hydrogens is 432 g/mol. The topological polar surface area (TPSA) is 60.5 Å². The molecule has 2 bridgehead atoms. The van der Waals surface area contributed by atoms with Gasteiger partial charge in [-0.2, -0.15) is 0 Å². The molecule has 0 radical (unpaired) electrons. The van der Waals surface area contributed by atoms with Gasteiger partial charge in [0.25, 0.3) is 0 Å². The number of ether oxygens (including phenoxy) is 4. The summed E-state index contributed by atoms with van der Waals surface area (Å²) in [4.78, 5) is 18.1. The summed E-state index contributed by atoms with van der Waals surface area (Å²) in [6, 6.07) is 21.4. The van der Waals surface area contributed by atoms with E-state index in [1.165, 1.54) is 0 Å². The molecule has 174 valence electrons. The Labute approximate surface area is 198 Å². The molecule has 0 N–H and O–H groups in total. The fourth-order valence-electron chi connectivity index (χ4n) is 4.99. The Kier molecular flexibility index (Phi) is 5.26. The van der Waals surface area contributed by atoms with Crippen LogP contribution in [-0.2, 0) is 17.9 Å². The minimum atomic E-state index is -0.262. The summed E-state index contributed by atoms with van der Waals surface area (Å²) in [5, 5.41) is 0. The van der Waals surface area contributed by atoms with Crippen LogP contribution in [0.1, 0.15) is 17.5 Å². The Balaban J connectivity index is 1.30. The Hall–Kier alpha value is -3.71. The highest BCUT2D eigenvalue weighted by atomic mass is 16.7. The van der Waals surface area contributed by atoms with E-state index in [4.69, 9.17) is 18.9 Å². The van der Waals surface area contributed by atoms with E-state index in [1.54, 1.807) is 7.11 Å². The van der Waals surface area contributed by atoms with Crippen LogP contribution >= 0.6 is 0 Å². The highest BCUT2D eigenvalue weighted by Gasteiger charge is 2.42. The van der Waals surface area contributed by atoms with Gasteiger partial charge in [-0.25, -0.2) is 0 Å². The van der Waals surface area contributed by atoms with Crippen molar-refractivity contribution >= 4 is 11.6 Å². The highest BCUT2D eigenvalue weighted by molar-refractivity contribution is 5.99. The van der Waals surface area contributed by atoms with Crippen LogP contribution in [0.25, 0.3) is 0 Å². The van der Waals surface area contributed by atoms with Crippen LogP contribution in [0.3, 0.4) is 0 Å². The minimum absolute atomic E-state index is 0.0350. The summed E-state index contributed by atoms with van der Waals surface area (Å²) >= 11 is 0. The van der Waals surface area contributed by atoms with E-state index in [-0.39, 0.29) is 24.8 Å². The number of anilines is 1. The smallest absolute Gasteiger partial charge is 0.244 e. The number of rotatable bonds is 5. The molecule has 3 aromatic carbocycles. The molecule has 1 fully saturated rings. The average molecular weight is 459 g/mol. The number of amides is 1. The zero-order valence-corrected chi connectivity index (χ0v) is 19.0. The van der Waals surface area contributed by atoms with Gasteiger partial charge in [-0.15, -0.1) is 0 Å². The molecule has 3 aliphatic heterocycles. The molecule has 3 aromatic rings. The Morgan fingerprint density at radius 2 is 1.71 bits per heavy atom. The van der Waals surface area contributed by atoms with Crippen molar-refractivity contribution in [3.8, 4) is 23.0 Å². The maximum absolute atomic E-state index is 14.0. The summed E-state index contributed by atoms with van der Waals surface area (Å²) in [6.45, 7) is 2.04. The van der Waals surface area contributed by atoms with Gasteiger partial charge in [0.2, 0.25) is 12.7 Å². The fraction of sp³-hybridized carbons (Fsp3) is 0.296. The predicted molar refractivity (Wildman–Crippen MR) is 126 cm³/mol. The molecule has 7 heteroatoms. The lowest BCUT2D eigenvalue weighted by Gasteiger charge is -2.32. The molecule has 0 spiro atoms. The first-order valence-electron chi connectivity index (χ1n) is 11.5. The third kappa shape index (κ3) is 3.82. The second-order valence-electron chi connectivity index (χ2n) is 8.85. The summed E-state index contributed by atoms with van der Waals surface area (Å²) in [5.74, 6) is 3.15. The third-order valence-electron chi connectivity index (χ3n) is 6.69. The lowest BCUT2D eigenvalue weighted by molar-refractivity contribution is -0.123. The number of methoxy groups -OCH3 is 1. The van der Waals surface area contributed by atoms with Crippen molar-refractivity contribution in [1.82, 2.24) is 4.90 Å². The van der Waals surface area contributed by atoms with Crippen molar-refractivity contribution in [2.75, 3.05) is 25.3 Å². The van der Waals surface area contributed by atoms with Gasteiger partial charge in [-0.1, -0.05) is 30.3 Å². The Morgan fingerprint density at radius 1 is 0.912 bits per heavy atom. The highest BCUT2D eigenvalue weighted by Crippen LogP contribution is 2.38. The molecule has 34 heavy (non-hydrogen) atoms. The number of carbonyl (C=O) groups excluding carboxylic acids is 1. The number of fused-ring (bicyclic) bond motifs is 4. The molecular formula is C27H26N2O5. The number of carbonyl (C=O) groups is 1. The maximum Gasteiger partial charge on any atom is 0.244 e. The molecule has 0 aliphatic carbocycles. The minimum Gasteiger partial charge on any atom is -0.497 e. The van der Waals surface area contributed by atoms with Crippen LogP contribution < -0.4 is 23.8 Å². The van der Waals surface area contributed by atoms with E-state index in [2.05, 4.69) is 4.90 Å². The first-order chi connectivity index (χ1) is 16.7. The molecule has 6 rings (SSSR count). The first-order valence-corrected chi connectivity index (χ1v) is 11.5. The molecule has 0 aromatic heterocycles. The number of hydrogen-bond acceptors (Lipinski definition) is 6. The van der Waals surface area contributed by atoms with Crippen molar-refractivity contribution in [3.05, 3.63) is 77.9 Å². The Bertz CT molecular complexity index is 1210. The van der Waals surface area contributed by atoms with Gasteiger partial charge < -0.3 is 23.8 Å². The molecule has 0 saturated carbocycles. The van der Waals surface area contributed by atoms with E-state index < -0.39 is 0 Å². The quantitative estimate of drug-likeness (QED) is 0.576. The van der Waals surface area contributed by atoms with Crippen molar-refractivity contribution < 1.29 is 23.7 Å². The van der Waals surface area contributed by atoms with Gasteiger partial charge >= 0.3 is 0 Å². The van der Waals surface area contributed by atoms with Gasteiger partial charge in [0.15, 0.2) is 11.5 Å². The van der Waals surface area contributed by atoms with Crippen molar-refractivity contribution in [1.29, 1.82) is 0 Å². The second-order valence-corrected chi connectivity index (χ2v) is 8.85. The number of likely N-dealkylation sites (tertiary alicyclic amines) is 1. The maximum atomic E-state index is 14.0. The first kappa shape index (κ1) is 20.9. The van der Waals surface area contributed by atoms with Crippen LogP contribution in [0.5, 0.6) is 23.0 Å². The Morgan fingerprint density at radius 3 is 2.56 bits per heavy atom. The van der Waals surface area contributed by atoms with Crippen LogP contribution in [0.2, 0.25) is 0 Å². The summed E-state index contributed by atoms with van der Waals surface area (Å²) in [5.41, 5.74) is 2.92. The third-order valence-corrected chi connectivity index (χ3v) is 6.69. The number of benzene rings is 3. The van der Waals surface area contributed by atoms with Crippen LogP contribution in [0.15, 0.2) is 66.7 Å². The van der Waals surface area contributed by atoms with Gasteiger partial charge in [-0.3, -0.25) is 9.69 Å². The lowest BCUT2D eigenvalue weighted by Crippen LogP contribution is -2.45. The van der Waals surface area contributed by atoms with Crippen LogP contribution in [0.4, 0.5) is 5.69 Å². The fourth-order valence-corrected chi connectivity index (χ4v) is 4.99. The van der Waals surface area contributed by atoms with Gasteiger partial charge in [0, 0.05) is 19.5 Å². The van der Waals surface area contributed by atoms with Gasteiger partial charge in [-0.05, 0) is 47.5 Å². The molecule has 2 atom stereocenters. The van der Waals surface area contributed by atoms with Crippen molar-refractivity contribution in [2.24, 2.45) is 0 Å². The van der Waals surface area contributed by atoms with Gasteiger partial charge in [0.05, 0.1) is 25.4 Å². The monoisotopic (exact) mass is 458 g/mol.